The predicted molar refractivity (Wildman–Crippen MR) is 97.1 cm³/mol. The van der Waals surface area contributed by atoms with E-state index in [1.54, 1.807) is 17.8 Å². The molecule has 0 aromatic heterocycles. The Labute approximate surface area is 145 Å². The topological polar surface area (TPSA) is 29.1 Å². The Morgan fingerprint density at radius 3 is 2.55 bits per heavy atom. The van der Waals surface area contributed by atoms with E-state index in [0.717, 1.165) is 5.56 Å². The zero-order valence-electron chi connectivity index (χ0n) is 12.4. The Balaban J connectivity index is 1.95. The summed E-state index contributed by atoms with van der Waals surface area (Å²) in [4.78, 5) is 12.1. The van der Waals surface area contributed by atoms with Gasteiger partial charge in [-0.3, -0.25) is 4.79 Å². The van der Waals surface area contributed by atoms with Gasteiger partial charge in [0.15, 0.2) is 0 Å². The maximum atomic E-state index is 12.1. The van der Waals surface area contributed by atoms with E-state index in [1.165, 1.54) is 5.56 Å². The van der Waals surface area contributed by atoms with Gasteiger partial charge in [-0.15, -0.1) is 11.8 Å². The van der Waals surface area contributed by atoms with Gasteiger partial charge in [-0.25, -0.2) is 0 Å². The molecule has 0 bridgehead atoms. The highest BCUT2D eigenvalue weighted by Gasteiger charge is 2.13. The second-order valence-electron chi connectivity index (χ2n) is 4.97. The lowest BCUT2D eigenvalue weighted by Gasteiger charge is -2.13. The highest BCUT2D eigenvalue weighted by atomic mass is 35.5. The molecule has 0 aliphatic rings. The Hall–Kier alpha value is -1.16. The Bertz CT molecular complexity index is 661. The molecule has 5 heteroatoms. The molecule has 22 heavy (non-hydrogen) atoms. The molecule has 2 nitrogen and oxygen atoms in total. The lowest BCUT2D eigenvalue weighted by Crippen LogP contribution is -2.15. The van der Waals surface area contributed by atoms with Crippen LogP contribution in [0.5, 0.6) is 0 Å². The van der Waals surface area contributed by atoms with E-state index in [-0.39, 0.29) is 11.2 Å². The summed E-state index contributed by atoms with van der Waals surface area (Å²) in [6.45, 7) is 3.96. The van der Waals surface area contributed by atoms with E-state index in [9.17, 15) is 4.79 Å². The average Bonchev–Trinajstić information content (AvgIpc) is 2.53. The lowest BCUT2D eigenvalue weighted by molar-refractivity contribution is -0.113. The van der Waals surface area contributed by atoms with Crippen LogP contribution >= 0.6 is 35.0 Å². The van der Waals surface area contributed by atoms with E-state index in [1.807, 2.05) is 31.2 Å². The number of benzene rings is 2. The second-order valence-corrected chi connectivity index (χ2v) is 7.08. The van der Waals surface area contributed by atoms with Crippen molar-refractivity contribution < 1.29 is 4.79 Å². The van der Waals surface area contributed by atoms with E-state index in [0.29, 0.717) is 21.5 Å². The number of amides is 1. The SMILES string of the molecule is Cc1ccc(Cl)c(NC(=O)CS[C@H](C)c2ccccc2)c1Cl. The quantitative estimate of drug-likeness (QED) is 0.742. The maximum Gasteiger partial charge on any atom is 0.234 e. The molecule has 2 aromatic rings. The molecular weight excluding hydrogens is 337 g/mol. The monoisotopic (exact) mass is 353 g/mol. The van der Waals surface area contributed by atoms with E-state index >= 15 is 0 Å². The summed E-state index contributed by atoms with van der Waals surface area (Å²) >= 11 is 13.9. The highest BCUT2D eigenvalue weighted by Crippen LogP contribution is 2.33. The number of carbonyl (C=O) groups is 1. The molecule has 0 saturated carbocycles. The first-order valence-electron chi connectivity index (χ1n) is 6.90. The smallest absolute Gasteiger partial charge is 0.234 e. The van der Waals surface area contributed by atoms with Crippen molar-refractivity contribution in [1.82, 2.24) is 0 Å². The normalized spacial score (nSPS) is 12.0. The van der Waals surface area contributed by atoms with Gasteiger partial charge in [-0.2, -0.15) is 0 Å². The van der Waals surface area contributed by atoms with Gasteiger partial charge >= 0.3 is 0 Å². The molecule has 0 aliphatic heterocycles. The van der Waals surface area contributed by atoms with Crippen LogP contribution in [0.4, 0.5) is 5.69 Å². The van der Waals surface area contributed by atoms with Crippen molar-refractivity contribution in [1.29, 1.82) is 0 Å². The van der Waals surface area contributed by atoms with Gasteiger partial charge in [-0.1, -0.05) is 59.6 Å². The van der Waals surface area contributed by atoms with Gasteiger partial charge in [0, 0.05) is 5.25 Å². The van der Waals surface area contributed by atoms with Crippen LogP contribution in [0.3, 0.4) is 0 Å². The van der Waals surface area contributed by atoms with Gasteiger partial charge < -0.3 is 5.32 Å². The molecule has 0 spiro atoms. The molecule has 1 amide bonds. The summed E-state index contributed by atoms with van der Waals surface area (Å²) < 4.78 is 0. The fourth-order valence-electron chi connectivity index (χ4n) is 1.97. The van der Waals surface area contributed by atoms with Crippen LogP contribution < -0.4 is 5.32 Å². The van der Waals surface area contributed by atoms with Crippen LogP contribution in [0.2, 0.25) is 10.0 Å². The van der Waals surface area contributed by atoms with Crippen LogP contribution in [-0.4, -0.2) is 11.7 Å². The summed E-state index contributed by atoms with van der Waals surface area (Å²) in [5, 5.41) is 3.99. The molecule has 0 saturated heterocycles. The molecule has 0 fully saturated rings. The molecule has 0 unspecified atom stereocenters. The van der Waals surface area contributed by atoms with Gasteiger partial charge in [0.1, 0.15) is 0 Å². The standard InChI is InChI=1S/C17H17Cl2NOS/c1-11-8-9-14(18)17(16(11)19)20-15(21)10-22-12(2)13-6-4-3-5-7-13/h3-9,12H,10H2,1-2H3,(H,20,21)/t12-/m1/s1. The van der Waals surface area contributed by atoms with Crippen molar-refractivity contribution in [2.75, 3.05) is 11.1 Å². The maximum absolute atomic E-state index is 12.1. The molecule has 2 aromatic carbocycles. The zero-order chi connectivity index (χ0) is 16.1. The number of hydrogen-bond acceptors (Lipinski definition) is 2. The minimum atomic E-state index is -0.109. The first-order valence-corrected chi connectivity index (χ1v) is 8.70. The minimum Gasteiger partial charge on any atom is -0.323 e. The fraction of sp³-hybridized carbons (Fsp3) is 0.235. The third kappa shape index (κ3) is 4.42. The van der Waals surface area contributed by atoms with E-state index in [2.05, 4.69) is 24.4 Å². The van der Waals surface area contributed by atoms with E-state index in [4.69, 9.17) is 23.2 Å². The number of carbonyl (C=O) groups excluding carboxylic acids is 1. The third-order valence-electron chi connectivity index (χ3n) is 3.28. The highest BCUT2D eigenvalue weighted by molar-refractivity contribution is 8.00. The van der Waals surface area contributed by atoms with Gasteiger partial charge in [0.2, 0.25) is 5.91 Å². The molecule has 2 rings (SSSR count). The Morgan fingerprint density at radius 2 is 1.86 bits per heavy atom. The zero-order valence-corrected chi connectivity index (χ0v) is 14.7. The summed E-state index contributed by atoms with van der Waals surface area (Å²) in [5.74, 6) is 0.235. The number of aryl methyl sites for hydroxylation is 1. The van der Waals surface area contributed by atoms with Crippen LogP contribution in [0.15, 0.2) is 42.5 Å². The number of nitrogens with one attached hydrogen (secondary N) is 1. The Kier molecular flexibility index (Phi) is 6.18. The van der Waals surface area contributed by atoms with Crippen molar-refractivity contribution in [2.45, 2.75) is 19.1 Å². The van der Waals surface area contributed by atoms with Crippen molar-refractivity contribution in [3.8, 4) is 0 Å². The van der Waals surface area contributed by atoms with Crippen LogP contribution in [-0.2, 0) is 4.79 Å². The predicted octanol–water partition coefficient (Wildman–Crippen LogP) is 5.73. The van der Waals surface area contributed by atoms with E-state index < -0.39 is 0 Å². The van der Waals surface area contributed by atoms with Crippen LogP contribution in [0, 0.1) is 6.92 Å². The molecular formula is C17H17Cl2NOS. The molecule has 0 heterocycles. The van der Waals surface area contributed by atoms with Gasteiger partial charge in [-0.05, 0) is 31.0 Å². The Morgan fingerprint density at radius 1 is 1.18 bits per heavy atom. The number of hydrogen-bond donors (Lipinski definition) is 1. The number of anilines is 1. The summed E-state index contributed by atoms with van der Waals surface area (Å²) in [7, 11) is 0. The lowest BCUT2D eigenvalue weighted by atomic mass is 10.2. The average molecular weight is 354 g/mol. The van der Waals surface area contributed by atoms with Crippen molar-refractivity contribution >= 4 is 46.6 Å². The largest absolute Gasteiger partial charge is 0.323 e. The van der Waals surface area contributed by atoms with Crippen molar-refractivity contribution in [3.05, 3.63) is 63.6 Å². The molecule has 1 N–H and O–H groups in total. The summed E-state index contributed by atoms with van der Waals surface area (Å²) in [6.07, 6.45) is 0. The molecule has 0 radical (unpaired) electrons. The summed E-state index contributed by atoms with van der Waals surface area (Å²) in [6, 6.07) is 13.7. The molecule has 116 valence electrons. The fourth-order valence-corrected chi connectivity index (χ4v) is 3.26. The minimum absolute atomic E-state index is 0.109. The summed E-state index contributed by atoms with van der Waals surface area (Å²) in [5.41, 5.74) is 2.57. The number of halogens is 2. The van der Waals surface area contributed by atoms with Crippen molar-refractivity contribution in [3.63, 3.8) is 0 Å². The van der Waals surface area contributed by atoms with Gasteiger partial charge in [0.25, 0.3) is 0 Å². The van der Waals surface area contributed by atoms with Crippen LogP contribution in [0.25, 0.3) is 0 Å². The van der Waals surface area contributed by atoms with Crippen LogP contribution in [0.1, 0.15) is 23.3 Å². The number of thioether (sulfide) groups is 1. The molecule has 0 aliphatic carbocycles. The third-order valence-corrected chi connectivity index (χ3v) is 5.29. The van der Waals surface area contributed by atoms with Gasteiger partial charge in [0.05, 0.1) is 21.5 Å². The second kappa shape index (κ2) is 7.91. The number of rotatable bonds is 5. The molecule has 1 atom stereocenters. The first-order chi connectivity index (χ1) is 10.5. The van der Waals surface area contributed by atoms with Crippen molar-refractivity contribution in [2.24, 2.45) is 0 Å². The first kappa shape index (κ1) is 17.2.